The van der Waals surface area contributed by atoms with Crippen LogP contribution in [0.1, 0.15) is 12.5 Å². The van der Waals surface area contributed by atoms with Gasteiger partial charge in [-0.2, -0.15) is 0 Å². The highest BCUT2D eigenvalue weighted by Gasteiger charge is 2.22. The molecule has 0 aliphatic rings. The summed E-state index contributed by atoms with van der Waals surface area (Å²) >= 11 is 0. The molecule has 15 rings (SSSR count). The Balaban J connectivity index is 0.973. The average Bonchev–Trinajstić information content (AvgIpc) is 3.67. The third kappa shape index (κ3) is 8.82. The van der Waals surface area contributed by atoms with E-state index in [1.54, 1.807) is 0 Å². The molecule has 0 aliphatic carbocycles. The number of benzene rings is 12. The van der Waals surface area contributed by atoms with Crippen LogP contribution in [0.2, 0.25) is 0 Å². The molecule has 0 atom stereocenters. The molecule has 0 radical (unpaired) electrons. The molecule has 83 heavy (non-hydrogen) atoms. The van der Waals surface area contributed by atoms with Crippen LogP contribution in [-0.4, -0.2) is 19.9 Å². The number of pyridine rings is 2. The summed E-state index contributed by atoms with van der Waals surface area (Å²) in [6, 6.07) is 93.4. The second kappa shape index (κ2) is 20.6. The zero-order valence-corrected chi connectivity index (χ0v) is 45.6. The van der Waals surface area contributed by atoms with Gasteiger partial charge in [-0.1, -0.05) is 243 Å². The molecule has 0 saturated heterocycles. The van der Waals surface area contributed by atoms with Crippen molar-refractivity contribution in [2.45, 2.75) is 6.92 Å². The largest absolute Gasteiger partial charge is 0.248 e. The van der Waals surface area contributed by atoms with Gasteiger partial charge in [0.15, 0.2) is 5.82 Å². The van der Waals surface area contributed by atoms with Crippen LogP contribution in [-0.2, 0) is 0 Å². The van der Waals surface area contributed by atoms with Gasteiger partial charge < -0.3 is 0 Å². The van der Waals surface area contributed by atoms with Gasteiger partial charge in [-0.25, -0.2) is 19.9 Å². The number of allylic oxidation sites excluding steroid dienone is 5. The van der Waals surface area contributed by atoms with Gasteiger partial charge in [-0.15, -0.1) is 0 Å². The summed E-state index contributed by atoms with van der Waals surface area (Å²) in [4.78, 5) is 21.9. The quantitative estimate of drug-likeness (QED) is 0.101. The fraction of sp³-hybridized carbons (Fsp3) is 0.0127. The lowest BCUT2D eigenvalue weighted by Crippen LogP contribution is -1.99. The van der Waals surface area contributed by atoms with E-state index in [-0.39, 0.29) is 0 Å². The van der Waals surface area contributed by atoms with Gasteiger partial charge in [0.2, 0.25) is 0 Å². The second-order valence-corrected chi connectivity index (χ2v) is 21.3. The molecule has 12 aromatic carbocycles. The molecular formula is C79H52N4. The summed E-state index contributed by atoms with van der Waals surface area (Å²) in [6.45, 7) is 6.52. The Kier molecular flexibility index (Phi) is 12.2. The van der Waals surface area contributed by atoms with Gasteiger partial charge in [0.1, 0.15) is 0 Å². The van der Waals surface area contributed by atoms with Crippen molar-refractivity contribution in [3.05, 3.63) is 297 Å². The minimum absolute atomic E-state index is 0.625. The molecule has 3 aromatic heterocycles. The Morgan fingerprint density at radius 1 is 0.325 bits per heavy atom. The molecule has 0 amide bonds. The van der Waals surface area contributed by atoms with Crippen molar-refractivity contribution in [2.75, 3.05) is 0 Å². The van der Waals surface area contributed by atoms with Crippen molar-refractivity contribution in [3.8, 4) is 78.5 Å². The van der Waals surface area contributed by atoms with Crippen molar-refractivity contribution in [1.29, 1.82) is 0 Å². The molecular weight excluding hydrogens is 1000 g/mol. The standard InChI is InChI=1S/C79H52N4/c1-3-4-6-21-50(2)67-48-75(80-73-34-19-17-32-65(67)73)52-36-40-54(41-37-52)77-72-47-58(68-44-56-24-9-11-26-59(56)61-28-13-15-30-63(61)68)46-71(70-45-57-25-10-12-27-60(57)62-29-14-16-31-64(62)70)78(72)83-79(82-77)55-42-38-53(39-43-55)76-49-69(51-22-7-5-8-23-51)66-33-18-20-35-74(66)81-76/h3-49H,2H2,1H3/b4-3-,21-6-. The first-order chi connectivity index (χ1) is 41.0. The second-order valence-electron chi connectivity index (χ2n) is 21.3. The third-order valence-electron chi connectivity index (χ3n) is 16.3. The topological polar surface area (TPSA) is 51.6 Å². The Hall–Kier alpha value is -10.9. The van der Waals surface area contributed by atoms with E-state index >= 15 is 0 Å². The molecule has 0 spiro atoms. The first-order valence-electron chi connectivity index (χ1n) is 28.2. The summed E-state index contributed by atoms with van der Waals surface area (Å²) in [7, 11) is 0. The predicted molar refractivity (Wildman–Crippen MR) is 351 cm³/mol. The Morgan fingerprint density at radius 3 is 1.47 bits per heavy atom. The maximum Gasteiger partial charge on any atom is 0.160 e. The number of rotatable bonds is 10. The summed E-state index contributed by atoms with van der Waals surface area (Å²) in [6.07, 6.45) is 8.14. The lowest BCUT2D eigenvalue weighted by molar-refractivity contribution is 1.23. The number of fused-ring (bicyclic) bond motifs is 9. The number of para-hydroxylation sites is 2. The molecule has 4 nitrogen and oxygen atoms in total. The molecule has 3 heterocycles. The zero-order chi connectivity index (χ0) is 55.4. The van der Waals surface area contributed by atoms with Crippen LogP contribution >= 0.6 is 0 Å². The van der Waals surface area contributed by atoms with Crippen LogP contribution in [0, 0.1) is 0 Å². The van der Waals surface area contributed by atoms with E-state index in [1.807, 2.05) is 31.2 Å². The molecule has 15 aromatic rings. The summed E-state index contributed by atoms with van der Waals surface area (Å²) in [5.74, 6) is 0.625. The van der Waals surface area contributed by atoms with Crippen LogP contribution in [0.3, 0.4) is 0 Å². The van der Waals surface area contributed by atoms with Gasteiger partial charge in [0, 0.05) is 44.0 Å². The van der Waals surface area contributed by atoms with E-state index < -0.39 is 0 Å². The lowest BCUT2D eigenvalue weighted by atomic mass is 9.87. The van der Waals surface area contributed by atoms with Crippen LogP contribution in [0.25, 0.3) is 160 Å². The Morgan fingerprint density at radius 2 is 0.819 bits per heavy atom. The number of hydrogen-bond acceptors (Lipinski definition) is 4. The van der Waals surface area contributed by atoms with Gasteiger partial charge in [-0.05, 0) is 137 Å². The van der Waals surface area contributed by atoms with Crippen molar-refractivity contribution < 1.29 is 0 Å². The normalized spacial score (nSPS) is 11.9. The highest BCUT2D eigenvalue weighted by molar-refractivity contribution is 6.19. The van der Waals surface area contributed by atoms with Gasteiger partial charge in [0.05, 0.1) is 33.6 Å². The first kappa shape index (κ1) is 49.1. The fourth-order valence-corrected chi connectivity index (χ4v) is 12.2. The Bertz CT molecular complexity index is 5150. The number of nitrogens with zero attached hydrogens (tertiary/aromatic N) is 4. The van der Waals surface area contributed by atoms with Gasteiger partial charge in [0.25, 0.3) is 0 Å². The predicted octanol–water partition coefficient (Wildman–Crippen LogP) is 21.2. The van der Waals surface area contributed by atoms with E-state index in [0.29, 0.717) is 5.82 Å². The maximum absolute atomic E-state index is 5.73. The number of aromatic nitrogens is 4. The maximum atomic E-state index is 5.73. The average molecular weight is 1060 g/mol. The first-order valence-corrected chi connectivity index (χ1v) is 28.2. The molecule has 0 unspecified atom stereocenters. The summed E-state index contributed by atoms with van der Waals surface area (Å²) in [5, 5.41) is 12.7. The number of hydrogen-bond donors (Lipinski definition) is 0. The highest BCUT2D eigenvalue weighted by Crippen LogP contribution is 2.45. The van der Waals surface area contributed by atoms with Crippen molar-refractivity contribution >= 4 is 81.4 Å². The SMILES string of the molecule is C=C(/C=C\C=C/C)c1cc(-c2ccc(-c3nc(-c4ccc(-c5cc(-c6ccccc6)c6ccccc6n5)cc4)nc4c(-c5cc6ccccc6c6ccccc56)cc(-c5cc6ccccc6c6ccccc56)cc34)cc2)nc2ccccc12. The van der Waals surface area contributed by atoms with Crippen LogP contribution in [0.4, 0.5) is 0 Å². The Labute approximate surface area is 481 Å². The molecule has 0 aliphatic heterocycles. The van der Waals surface area contributed by atoms with E-state index in [9.17, 15) is 0 Å². The minimum Gasteiger partial charge on any atom is -0.248 e. The zero-order valence-electron chi connectivity index (χ0n) is 45.6. The smallest absolute Gasteiger partial charge is 0.160 e. The van der Waals surface area contributed by atoms with Crippen molar-refractivity contribution in [2.24, 2.45) is 0 Å². The third-order valence-corrected chi connectivity index (χ3v) is 16.3. The van der Waals surface area contributed by atoms with E-state index in [0.717, 1.165) is 127 Å². The van der Waals surface area contributed by atoms with Gasteiger partial charge in [-0.3, -0.25) is 0 Å². The molecule has 0 fully saturated rings. The summed E-state index contributed by atoms with van der Waals surface area (Å²) in [5.41, 5.74) is 17.8. The minimum atomic E-state index is 0.625. The van der Waals surface area contributed by atoms with Crippen LogP contribution < -0.4 is 0 Å². The molecule has 0 N–H and O–H groups in total. The monoisotopic (exact) mass is 1060 g/mol. The van der Waals surface area contributed by atoms with Crippen LogP contribution in [0.15, 0.2) is 292 Å². The fourth-order valence-electron chi connectivity index (χ4n) is 12.2. The molecule has 4 heteroatoms. The van der Waals surface area contributed by atoms with Gasteiger partial charge >= 0.3 is 0 Å². The van der Waals surface area contributed by atoms with E-state index in [2.05, 4.69) is 267 Å². The van der Waals surface area contributed by atoms with Crippen molar-refractivity contribution in [3.63, 3.8) is 0 Å². The molecule has 0 bridgehead atoms. The molecule has 388 valence electrons. The lowest BCUT2D eigenvalue weighted by Gasteiger charge is -2.19. The highest BCUT2D eigenvalue weighted by atomic mass is 14.9. The van der Waals surface area contributed by atoms with E-state index in [4.69, 9.17) is 19.9 Å². The van der Waals surface area contributed by atoms with E-state index in [1.165, 1.54) is 32.3 Å². The molecule has 0 saturated carbocycles. The van der Waals surface area contributed by atoms with Crippen LogP contribution in [0.5, 0.6) is 0 Å². The summed E-state index contributed by atoms with van der Waals surface area (Å²) < 4.78 is 0. The van der Waals surface area contributed by atoms with Crippen molar-refractivity contribution in [1.82, 2.24) is 19.9 Å².